The van der Waals surface area contributed by atoms with E-state index in [-0.39, 0.29) is 11.7 Å². The first-order chi connectivity index (χ1) is 12.4. The molecule has 1 aromatic heterocycles. The number of carboxylic acid groups (broad SMARTS) is 1. The lowest BCUT2D eigenvalue weighted by Crippen LogP contribution is -2.51. The van der Waals surface area contributed by atoms with Crippen LogP contribution in [0.4, 0.5) is 9.18 Å². The van der Waals surface area contributed by atoms with Gasteiger partial charge in [0.25, 0.3) is 0 Å². The van der Waals surface area contributed by atoms with E-state index in [0.29, 0.717) is 36.5 Å². The van der Waals surface area contributed by atoms with Crippen molar-refractivity contribution in [3.8, 4) is 11.3 Å². The number of carbonyl (C=O) groups is 2. The third kappa shape index (κ3) is 3.57. The van der Waals surface area contributed by atoms with E-state index in [9.17, 15) is 14.0 Å². The largest absolute Gasteiger partial charge is 0.465 e. The number of piperazine rings is 1. The minimum atomic E-state index is -0.966. The van der Waals surface area contributed by atoms with E-state index in [4.69, 9.17) is 5.11 Å². The Morgan fingerprint density at radius 3 is 2.31 bits per heavy atom. The highest BCUT2D eigenvalue weighted by Gasteiger charge is 2.28. The van der Waals surface area contributed by atoms with Gasteiger partial charge in [0.05, 0.1) is 6.33 Å². The predicted octanol–water partition coefficient (Wildman–Crippen LogP) is 2.83. The third-order valence-corrected chi connectivity index (χ3v) is 5.27. The molecule has 2 amide bonds. The van der Waals surface area contributed by atoms with Crippen LogP contribution >= 0.6 is 15.9 Å². The van der Waals surface area contributed by atoms with E-state index in [0.717, 1.165) is 5.56 Å². The van der Waals surface area contributed by atoms with Gasteiger partial charge < -0.3 is 19.5 Å². The number of rotatable bonds is 3. The number of imidazole rings is 1. The van der Waals surface area contributed by atoms with Crippen LogP contribution in [0.1, 0.15) is 13.0 Å². The summed E-state index contributed by atoms with van der Waals surface area (Å²) in [5, 5.41) is 9.00. The van der Waals surface area contributed by atoms with Crippen molar-refractivity contribution in [3.63, 3.8) is 0 Å². The molecule has 1 unspecified atom stereocenters. The maximum atomic E-state index is 13.1. The Balaban J connectivity index is 1.74. The maximum Gasteiger partial charge on any atom is 0.407 e. The molecule has 1 atom stereocenters. The molecule has 1 saturated heterocycles. The minimum Gasteiger partial charge on any atom is -0.465 e. The van der Waals surface area contributed by atoms with Crippen molar-refractivity contribution in [2.24, 2.45) is 0 Å². The highest BCUT2D eigenvalue weighted by atomic mass is 79.9. The van der Waals surface area contributed by atoms with Crippen LogP contribution in [0, 0.1) is 5.82 Å². The van der Waals surface area contributed by atoms with Gasteiger partial charge >= 0.3 is 6.09 Å². The van der Waals surface area contributed by atoms with Gasteiger partial charge in [-0.25, -0.2) is 14.2 Å². The van der Waals surface area contributed by atoms with Gasteiger partial charge in [-0.2, -0.15) is 0 Å². The first kappa shape index (κ1) is 18.4. The van der Waals surface area contributed by atoms with Crippen LogP contribution in [0.25, 0.3) is 11.3 Å². The first-order valence-electron chi connectivity index (χ1n) is 8.13. The van der Waals surface area contributed by atoms with E-state index in [2.05, 4.69) is 20.9 Å². The molecule has 1 aliphatic heterocycles. The molecular weight excluding hydrogens is 407 g/mol. The van der Waals surface area contributed by atoms with Crippen LogP contribution in [-0.4, -0.2) is 62.6 Å². The Morgan fingerprint density at radius 2 is 1.73 bits per heavy atom. The molecule has 1 N–H and O–H groups in total. The molecule has 1 aliphatic rings. The lowest BCUT2D eigenvalue weighted by molar-refractivity contribution is -0.135. The standard InChI is InChI=1S/C17H18BrFN4O3/c1-11(16(24)21-6-8-22(9-7-21)17(25)26)23-10-20-14(15(23)18)12-2-4-13(19)5-3-12/h2-5,10-11H,6-9H2,1H3,(H,25,26). The number of amides is 2. The number of benzene rings is 1. The molecule has 0 spiro atoms. The normalized spacial score (nSPS) is 15.8. The topological polar surface area (TPSA) is 78.7 Å². The zero-order valence-corrected chi connectivity index (χ0v) is 15.7. The summed E-state index contributed by atoms with van der Waals surface area (Å²) in [4.78, 5) is 31.0. The minimum absolute atomic E-state index is 0.0983. The van der Waals surface area contributed by atoms with Crippen LogP contribution in [0.3, 0.4) is 0 Å². The van der Waals surface area contributed by atoms with Crippen LogP contribution in [-0.2, 0) is 4.79 Å². The van der Waals surface area contributed by atoms with Crippen LogP contribution in [0.5, 0.6) is 0 Å². The summed E-state index contributed by atoms with van der Waals surface area (Å²) >= 11 is 3.48. The van der Waals surface area contributed by atoms with Gasteiger partial charge in [0.2, 0.25) is 5.91 Å². The van der Waals surface area contributed by atoms with Gasteiger partial charge in [-0.15, -0.1) is 0 Å². The Bertz CT molecular complexity index is 816. The lowest BCUT2D eigenvalue weighted by atomic mass is 10.2. The Hall–Kier alpha value is -2.42. The van der Waals surface area contributed by atoms with Gasteiger partial charge in [0.1, 0.15) is 22.2 Å². The van der Waals surface area contributed by atoms with E-state index >= 15 is 0 Å². The monoisotopic (exact) mass is 424 g/mol. The second-order valence-electron chi connectivity index (χ2n) is 6.07. The molecule has 0 aliphatic carbocycles. The summed E-state index contributed by atoms with van der Waals surface area (Å²) in [7, 11) is 0. The zero-order chi connectivity index (χ0) is 18.8. The van der Waals surface area contributed by atoms with Crippen molar-refractivity contribution in [2.75, 3.05) is 26.2 Å². The number of nitrogens with zero attached hydrogens (tertiary/aromatic N) is 4. The fourth-order valence-electron chi connectivity index (χ4n) is 2.92. The van der Waals surface area contributed by atoms with E-state index in [1.807, 2.05) is 0 Å². The van der Waals surface area contributed by atoms with Crippen molar-refractivity contribution in [1.82, 2.24) is 19.4 Å². The average molecular weight is 425 g/mol. The fraction of sp³-hybridized carbons (Fsp3) is 0.353. The molecule has 138 valence electrons. The van der Waals surface area contributed by atoms with Crippen molar-refractivity contribution >= 4 is 27.9 Å². The lowest BCUT2D eigenvalue weighted by Gasteiger charge is -2.34. The molecule has 0 bridgehead atoms. The van der Waals surface area contributed by atoms with E-state index < -0.39 is 12.1 Å². The number of halogens is 2. The van der Waals surface area contributed by atoms with Crippen LogP contribution in [0.15, 0.2) is 35.2 Å². The van der Waals surface area contributed by atoms with E-state index in [1.54, 1.807) is 34.9 Å². The molecule has 26 heavy (non-hydrogen) atoms. The molecule has 0 saturated carbocycles. The number of hydrogen-bond acceptors (Lipinski definition) is 3. The smallest absolute Gasteiger partial charge is 0.407 e. The third-order valence-electron chi connectivity index (χ3n) is 4.49. The van der Waals surface area contributed by atoms with Gasteiger partial charge in [0, 0.05) is 31.7 Å². The second kappa shape index (κ2) is 7.45. The number of hydrogen-bond donors (Lipinski definition) is 1. The summed E-state index contributed by atoms with van der Waals surface area (Å²) in [5.74, 6) is -0.424. The highest BCUT2D eigenvalue weighted by Crippen LogP contribution is 2.30. The van der Waals surface area contributed by atoms with Gasteiger partial charge in [-0.1, -0.05) is 0 Å². The van der Waals surface area contributed by atoms with Crippen molar-refractivity contribution in [3.05, 3.63) is 41.0 Å². The number of aromatic nitrogens is 2. The van der Waals surface area contributed by atoms with E-state index in [1.165, 1.54) is 17.0 Å². The molecule has 7 nitrogen and oxygen atoms in total. The van der Waals surface area contributed by atoms with Crippen LogP contribution < -0.4 is 0 Å². The SMILES string of the molecule is CC(C(=O)N1CCN(C(=O)O)CC1)n1cnc(-c2ccc(F)cc2)c1Br. The number of carbonyl (C=O) groups excluding carboxylic acids is 1. The highest BCUT2D eigenvalue weighted by molar-refractivity contribution is 9.10. The summed E-state index contributed by atoms with van der Waals surface area (Å²) in [6.45, 7) is 3.12. The van der Waals surface area contributed by atoms with Crippen molar-refractivity contribution in [2.45, 2.75) is 13.0 Å². The zero-order valence-electron chi connectivity index (χ0n) is 14.1. The summed E-state index contributed by atoms with van der Waals surface area (Å²) in [5.41, 5.74) is 1.37. The van der Waals surface area contributed by atoms with Gasteiger partial charge in [-0.05, 0) is 47.1 Å². The van der Waals surface area contributed by atoms with Crippen LogP contribution in [0.2, 0.25) is 0 Å². The van der Waals surface area contributed by atoms with Gasteiger partial charge in [0.15, 0.2) is 0 Å². The first-order valence-corrected chi connectivity index (χ1v) is 8.92. The Morgan fingerprint density at radius 1 is 1.15 bits per heavy atom. The second-order valence-corrected chi connectivity index (χ2v) is 6.82. The van der Waals surface area contributed by atoms with Crippen molar-refractivity contribution < 1.29 is 19.1 Å². The maximum absolute atomic E-state index is 13.1. The summed E-state index contributed by atoms with van der Waals surface area (Å²) in [6.07, 6.45) is 0.602. The molecule has 2 aromatic rings. The molecular formula is C17H18BrFN4O3. The predicted molar refractivity (Wildman–Crippen MR) is 96.2 cm³/mol. The fourth-order valence-corrected chi connectivity index (χ4v) is 3.65. The molecule has 3 rings (SSSR count). The Kier molecular flexibility index (Phi) is 5.26. The average Bonchev–Trinajstić information content (AvgIpc) is 3.02. The quantitative estimate of drug-likeness (QED) is 0.821. The molecule has 1 aromatic carbocycles. The summed E-state index contributed by atoms with van der Waals surface area (Å²) in [6, 6.07) is 5.48. The Labute approximate surface area is 158 Å². The van der Waals surface area contributed by atoms with Crippen molar-refractivity contribution in [1.29, 1.82) is 0 Å². The molecule has 9 heteroatoms. The molecule has 2 heterocycles. The van der Waals surface area contributed by atoms with Gasteiger partial charge in [-0.3, -0.25) is 4.79 Å². The molecule has 0 radical (unpaired) electrons. The molecule has 1 fully saturated rings. The summed E-state index contributed by atoms with van der Waals surface area (Å²) < 4.78 is 15.4.